The Morgan fingerprint density at radius 1 is 0.875 bits per heavy atom. The van der Waals surface area contributed by atoms with E-state index in [4.69, 9.17) is 37.4 Å². The number of unbranched alkanes of at least 4 members (excludes halogenated alkanes) is 13. The van der Waals surface area contributed by atoms with Crippen LogP contribution in [0.1, 0.15) is 109 Å². The highest BCUT2D eigenvalue weighted by Crippen LogP contribution is 2.40. The van der Waals surface area contributed by atoms with E-state index in [2.05, 4.69) is 17.1 Å². The zero-order valence-corrected chi connectivity index (χ0v) is 35.2. The van der Waals surface area contributed by atoms with Crippen LogP contribution >= 0.6 is 23.2 Å². The second-order valence-corrected chi connectivity index (χ2v) is 16.3. The molecule has 56 heavy (non-hydrogen) atoms. The number of carbonyl (C=O) groups excluding carboxylic acids is 2. The van der Waals surface area contributed by atoms with Crippen molar-refractivity contribution in [3.63, 3.8) is 0 Å². The minimum atomic E-state index is -1.19. The predicted octanol–water partition coefficient (Wildman–Crippen LogP) is 8.70. The van der Waals surface area contributed by atoms with Gasteiger partial charge in [-0.1, -0.05) is 120 Å². The van der Waals surface area contributed by atoms with Gasteiger partial charge in [0.15, 0.2) is 6.54 Å². The lowest BCUT2D eigenvalue weighted by Gasteiger charge is -2.35. The van der Waals surface area contributed by atoms with Crippen LogP contribution < -0.4 is 19.5 Å². The third-order valence-electron chi connectivity index (χ3n) is 10.9. The Kier molecular flexibility index (Phi) is 18.1. The molecule has 2 saturated heterocycles. The number of hydrogen-bond donors (Lipinski definition) is 1. The fourth-order valence-electron chi connectivity index (χ4n) is 7.61. The fraction of sp³-hybridized carbons (Fsp3) is 0.614. The lowest BCUT2D eigenvalue weighted by Crippen LogP contribution is -2.48. The van der Waals surface area contributed by atoms with Crippen LogP contribution in [-0.4, -0.2) is 73.3 Å². The quantitative estimate of drug-likeness (QED) is 0.0720. The highest BCUT2D eigenvalue weighted by atomic mass is 35.5. The number of aromatic nitrogens is 2. The van der Waals surface area contributed by atoms with Crippen molar-refractivity contribution < 1.29 is 28.4 Å². The first-order valence-electron chi connectivity index (χ1n) is 21.1. The summed E-state index contributed by atoms with van der Waals surface area (Å²) in [6.07, 6.45) is 23.7. The number of piperazine rings is 1. The Morgan fingerprint density at radius 3 is 2.14 bits per heavy atom. The smallest absolute Gasteiger partial charge is 0.262 e. The van der Waals surface area contributed by atoms with E-state index in [9.17, 15) is 9.59 Å². The van der Waals surface area contributed by atoms with Crippen molar-refractivity contribution in [2.45, 2.75) is 129 Å². The van der Waals surface area contributed by atoms with Crippen molar-refractivity contribution in [1.82, 2.24) is 14.8 Å². The normalized spacial score (nSPS) is 18.4. The molecule has 0 saturated carbocycles. The maximum atomic E-state index is 12.8. The summed E-state index contributed by atoms with van der Waals surface area (Å²) in [6.45, 7) is 8.78. The largest absolute Gasteiger partial charge is 0.491 e. The van der Waals surface area contributed by atoms with Crippen molar-refractivity contribution in [2.75, 3.05) is 50.8 Å². The monoisotopic (exact) mass is 812 g/mol. The minimum Gasteiger partial charge on any atom is -0.491 e. The SMILES string of the molecule is CCCCCCCCCCCCCCCCNC(=O)C[n+]1ccn(C[C@@]2(c3ccc(Cl)cc3Cl)OC[C@@H](COc3ccc(N4CCN(C(C)=O)CC4)cc3)O2)c1. The van der Waals surface area contributed by atoms with E-state index in [0.717, 1.165) is 50.5 Å². The van der Waals surface area contributed by atoms with E-state index in [1.807, 2.05) is 63.1 Å². The number of anilines is 1. The number of imidazole rings is 1. The van der Waals surface area contributed by atoms with E-state index in [1.54, 1.807) is 19.1 Å². The van der Waals surface area contributed by atoms with Gasteiger partial charge in [0.05, 0.1) is 11.6 Å². The van der Waals surface area contributed by atoms with Crippen molar-refractivity contribution in [1.29, 1.82) is 0 Å². The average molecular weight is 814 g/mol. The van der Waals surface area contributed by atoms with Gasteiger partial charge in [-0.2, -0.15) is 0 Å². The topological polar surface area (TPSA) is 89.2 Å². The van der Waals surface area contributed by atoms with E-state index < -0.39 is 5.79 Å². The summed E-state index contributed by atoms with van der Waals surface area (Å²) in [5.74, 6) is -0.340. The average Bonchev–Trinajstić information content (AvgIpc) is 3.82. The summed E-state index contributed by atoms with van der Waals surface area (Å²) in [6, 6.07) is 13.3. The van der Waals surface area contributed by atoms with Gasteiger partial charge < -0.3 is 29.3 Å². The molecule has 1 aromatic heterocycles. The molecule has 5 rings (SSSR count). The molecule has 10 nitrogen and oxygen atoms in total. The molecule has 2 fully saturated rings. The molecule has 2 aliphatic rings. The van der Waals surface area contributed by atoms with Gasteiger partial charge in [0.25, 0.3) is 5.91 Å². The zero-order chi connectivity index (χ0) is 39.6. The van der Waals surface area contributed by atoms with Crippen molar-refractivity contribution in [3.8, 4) is 5.75 Å². The number of amides is 2. The van der Waals surface area contributed by atoms with Gasteiger partial charge in [0.2, 0.25) is 18.0 Å². The van der Waals surface area contributed by atoms with Crippen LogP contribution in [0, 0.1) is 0 Å². The van der Waals surface area contributed by atoms with Crippen LogP contribution in [0.15, 0.2) is 61.2 Å². The first-order chi connectivity index (χ1) is 27.2. The lowest BCUT2D eigenvalue weighted by atomic mass is 10.0. The molecule has 308 valence electrons. The fourth-order valence-corrected chi connectivity index (χ4v) is 8.16. The maximum absolute atomic E-state index is 12.8. The Hall–Kier alpha value is -3.31. The van der Waals surface area contributed by atoms with Gasteiger partial charge in [-0.25, -0.2) is 9.13 Å². The molecule has 0 aliphatic carbocycles. The highest BCUT2D eigenvalue weighted by molar-refractivity contribution is 6.35. The number of benzene rings is 2. The highest BCUT2D eigenvalue weighted by Gasteiger charge is 2.47. The van der Waals surface area contributed by atoms with Crippen LogP contribution in [-0.2, 0) is 37.9 Å². The van der Waals surface area contributed by atoms with E-state index in [0.29, 0.717) is 35.3 Å². The standard InChI is InChI=1S/C44H63Cl2N5O5/c1-3-4-5-6-7-8-9-10-11-12-13-14-15-16-23-47-43(53)31-48-24-25-49(35-48)34-44(41-22-17-37(45)30-42(41)46)55-33-40(56-44)32-54-39-20-18-38(19-21-39)51-28-26-50(27-29-51)36(2)52/h17-22,24-25,30,35,40H,3-16,23,26-29,31-34H2,1-2H3/p+1/t40-,44-/m1/s1. The van der Waals surface area contributed by atoms with E-state index in [1.165, 1.54) is 77.0 Å². The summed E-state index contributed by atoms with van der Waals surface area (Å²) in [4.78, 5) is 28.6. The van der Waals surface area contributed by atoms with Crippen LogP contribution in [0.4, 0.5) is 5.69 Å². The molecule has 0 unspecified atom stereocenters. The third kappa shape index (κ3) is 14.0. The van der Waals surface area contributed by atoms with Gasteiger partial charge in [-0.05, 0) is 42.8 Å². The van der Waals surface area contributed by atoms with Crippen molar-refractivity contribution >= 4 is 40.7 Å². The molecular formula is C44H64Cl2N5O5+. The second-order valence-electron chi connectivity index (χ2n) is 15.4. The minimum absolute atomic E-state index is 0.00734. The predicted molar refractivity (Wildman–Crippen MR) is 223 cm³/mol. The van der Waals surface area contributed by atoms with Gasteiger partial charge >= 0.3 is 0 Å². The Labute approximate surface area is 344 Å². The Morgan fingerprint density at radius 2 is 1.52 bits per heavy atom. The van der Waals surface area contributed by atoms with Gasteiger partial charge in [0, 0.05) is 55.9 Å². The van der Waals surface area contributed by atoms with Crippen LogP contribution in [0.25, 0.3) is 0 Å². The molecule has 12 heteroatoms. The van der Waals surface area contributed by atoms with Crippen LogP contribution in [0.2, 0.25) is 10.0 Å². The molecule has 2 aromatic carbocycles. The molecular weight excluding hydrogens is 749 g/mol. The molecule has 1 N–H and O–H groups in total. The van der Waals surface area contributed by atoms with E-state index >= 15 is 0 Å². The molecule has 2 atom stereocenters. The zero-order valence-electron chi connectivity index (χ0n) is 33.7. The molecule has 2 amide bonds. The number of carbonyl (C=O) groups is 2. The second kappa shape index (κ2) is 23.2. The number of rotatable bonds is 24. The molecule has 0 bridgehead atoms. The number of hydrogen-bond acceptors (Lipinski definition) is 6. The Bertz CT molecular complexity index is 1630. The van der Waals surface area contributed by atoms with Crippen LogP contribution in [0.5, 0.6) is 5.75 Å². The third-order valence-corrected chi connectivity index (χ3v) is 11.4. The van der Waals surface area contributed by atoms with Gasteiger partial charge in [-0.15, -0.1) is 0 Å². The molecule has 0 spiro atoms. The van der Waals surface area contributed by atoms with Gasteiger partial charge in [0.1, 0.15) is 37.4 Å². The molecule has 2 aliphatic heterocycles. The number of nitrogens with one attached hydrogen (secondary N) is 1. The summed E-state index contributed by atoms with van der Waals surface area (Å²) in [5, 5.41) is 4.05. The number of ether oxygens (including phenoxy) is 3. The maximum Gasteiger partial charge on any atom is 0.262 e. The molecule has 0 radical (unpaired) electrons. The first kappa shape index (κ1) is 43.8. The summed E-state index contributed by atoms with van der Waals surface area (Å²) >= 11 is 13.0. The molecule has 3 heterocycles. The number of nitrogens with zero attached hydrogens (tertiary/aromatic N) is 4. The van der Waals surface area contributed by atoms with Crippen molar-refractivity contribution in [2.24, 2.45) is 0 Å². The molecule has 3 aromatic rings. The summed E-state index contributed by atoms with van der Waals surface area (Å²) < 4.78 is 23.0. The first-order valence-corrected chi connectivity index (χ1v) is 21.8. The van der Waals surface area contributed by atoms with E-state index in [-0.39, 0.29) is 31.1 Å². The van der Waals surface area contributed by atoms with Crippen molar-refractivity contribution in [3.05, 3.63) is 76.8 Å². The Balaban J connectivity index is 1.03. The summed E-state index contributed by atoms with van der Waals surface area (Å²) in [5.41, 5.74) is 1.77. The lowest BCUT2D eigenvalue weighted by molar-refractivity contribution is -0.684. The number of halogens is 2. The summed E-state index contributed by atoms with van der Waals surface area (Å²) in [7, 11) is 0. The van der Waals surface area contributed by atoms with Crippen LogP contribution in [0.3, 0.4) is 0 Å². The van der Waals surface area contributed by atoms with Gasteiger partial charge in [-0.3, -0.25) is 9.59 Å².